The number of amides is 1. The SMILES string of the molecule is COCCCC(N)C(=O)Nc1sc(C)c(C)c1C(=O)OC. The van der Waals surface area contributed by atoms with E-state index in [4.69, 9.17) is 15.2 Å². The van der Waals surface area contributed by atoms with Gasteiger partial charge in [-0.2, -0.15) is 0 Å². The molecule has 1 heterocycles. The highest BCUT2D eigenvalue weighted by Crippen LogP contribution is 2.33. The van der Waals surface area contributed by atoms with Crippen LogP contribution in [-0.4, -0.2) is 38.7 Å². The van der Waals surface area contributed by atoms with Crippen LogP contribution in [0.25, 0.3) is 0 Å². The molecule has 0 spiro atoms. The maximum atomic E-state index is 12.1. The second-order valence-corrected chi connectivity index (χ2v) is 5.93. The van der Waals surface area contributed by atoms with Crippen LogP contribution in [-0.2, 0) is 14.3 Å². The Hall–Kier alpha value is -1.44. The molecule has 0 fully saturated rings. The largest absolute Gasteiger partial charge is 0.465 e. The Kier molecular flexibility index (Phi) is 6.80. The summed E-state index contributed by atoms with van der Waals surface area (Å²) in [7, 11) is 2.92. The molecule has 0 aliphatic heterocycles. The Morgan fingerprint density at radius 2 is 2.00 bits per heavy atom. The number of methoxy groups -OCH3 is 2. The molecule has 0 aliphatic carbocycles. The van der Waals surface area contributed by atoms with Gasteiger partial charge in [0.15, 0.2) is 0 Å². The minimum atomic E-state index is -0.631. The second-order valence-electron chi connectivity index (χ2n) is 4.71. The Bertz CT molecular complexity index is 513. The highest BCUT2D eigenvalue weighted by atomic mass is 32.1. The average molecular weight is 314 g/mol. The van der Waals surface area contributed by atoms with Crippen LogP contribution in [0, 0.1) is 13.8 Å². The molecule has 0 aromatic carbocycles. The molecule has 1 aromatic rings. The maximum absolute atomic E-state index is 12.1. The van der Waals surface area contributed by atoms with E-state index in [-0.39, 0.29) is 5.91 Å². The van der Waals surface area contributed by atoms with E-state index in [1.165, 1.54) is 18.4 Å². The number of carbonyl (C=O) groups is 2. The fourth-order valence-electron chi connectivity index (χ4n) is 1.85. The summed E-state index contributed by atoms with van der Waals surface area (Å²) >= 11 is 1.35. The third-order valence-electron chi connectivity index (χ3n) is 3.21. The van der Waals surface area contributed by atoms with E-state index in [1.807, 2.05) is 13.8 Å². The summed E-state index contributed by atoms with van der Waals surface area (Å²) in [4.78, 5) is 24.8. The summed E-state index contributed by atoms with van der Waals surface area (Å²) in [6, 6.07) is -0.631. The van der Waals surface area contributed by atoms with E-state index < -0.39 is 12.0 Å². The van der Waals surface area contributed by atoms with E-state index >= 15 is 0 Å². The Morgan fingerprint density at radius 1 is 1.33 bits per heavy atom. The number of nitrogens with one attached hydrogen (secondary N) is 1. The van der Waals surface area contributed by atoms with E-state index in [0.717, 1.165) is 10.4 Å². The third kappa shape index (κ3) is 4.52. The molecule has 0 bridgehead atoms. The Labute approximate surface area is 128 Å². The van der Waals surface area contributed by atoms with E-state index in [9.17, 15) is 9.59 Å². The number of hydrogen-bond donors (Lipinski definition) is 2. The molecule has 1 atom stereocenters. The van der Waals surface area contributed by atoms with Crippen LogP contribution in [0.5, 0.6) is 0 Å². The zero-order valence-electron chi connectivity index (χ0n) is 12.8. The van der Waals surface area contributed by atoms with Gasteiger partial charge in [-0.25, -0.2) is 4.79 Å². The normalized spacial score (nSPS) is 12.0. The lowest BCUT2D eigenvalue weighted by atomic mass is 10.1. The predicted octanol–water partition coefficient (Wildman–Crippen LogP) is 1.84. The standard InChI is InChI=1S/C14H22N2O4S/c1-8-9(2)21-13(11(8)14(18)20-4)16-12(17)10(15)6-5-7-19-3/h10H,5-7,15H2,1-4H3,(H,16,17). The first-order valence-corrected chi connectivity index (χ1v) is 7.47. The molecule has 0 saturated carbocycles. The molecular formula is C14H22N2O4S. The van der Waals surface area contributed by atoms with E-state index in [1.54, 1.807) is 7.11 Å². The number of esters is 1. The molecule has 7 heteroatoms. The highest BCUT2D eigenvalue weighted by Gasteiger charge is 2.23. The van der Waals surface area contributed by atoms with Gasteiger partial charge in [0.05, 0.1) is 18.7 Å². The fraction of sp³-hybridized carbons (Fsp3) is 0.571. The number of nitrogens with two attached hydrogens (primary N) is 1. The third-order valence-corrected chi connectivity index (χ3v) is 4.33. The first-order chi connectivity index (χ1) is 9.92. The number of anilines is 1. The molecule has 0 aliphatic rings. The van der Waals surface area contributed by atoms with Gasteiger partial charge < -0.3 is 20.5 Å². The van der Waals surface area contributed by atoms with E-state index in [2.05, 4.69) is 5.32 Å². The minimum Gasteiger partial charge on any atom is -0.465 e. The summed E-state index contributed by atoms with van der Waals surface area (Å²) in [5.74, 6) is -0.766. The van der Waals surface area contributed by atoms with Gasteiger partial charge >= 0.3 is 5.97 Å². The van der Waals surface area contributed by atoms with Crippen LogP contribution in [0.3, 0.4) is 0 Å². The number of rotatable bonds is 7. The number of aryl methyl sites for hydroxylation is 1. The monoisotopic (exact) mass is 314 g/mol. The fourth-order valence-corrected chi connectivity index (χ4v) is 2.90. The van der Waals surface area contributed by atoms with E-state index in [0.29, 0.717) is 30.0 Å². The van der Waals surface area contributed by atoms with Crippen molar-refractivity contribution in [2.24, 2.45) is 5.73 Å². The molecule has 6 nitrogen and oxygen atoms in total. The van der Waals surface area contributed by atoms with Crippen LogP contribution in [0.2, 0.25) is 0 Å². The lowest BCUT2D eigenvalue weighted by molar-refractivity contribution is -0.117. The lowest BCUT2D eigenvalue weighted by Gasteiger charge is -2.12. The van der Waals surface area contributed by atoms with Gasteiger partial charge in [-0.1, -0.05) is 0 Å². The zero-order chi connectivity index (χ0) is 16.0. The van der Waals surface area contributed by atoms with Crippen molar-refractivity contribution in [2.45, 2.75) is 32.7 Å². The smallest absolute Gasteiger partial charge is 0.341 e. The van der Waals surface area contributed by atoms with Gasteiger partial charge in [0.25, 0.3) is 0 Å². The molecule has 1 rings (SSSR count). The Balaban J connectivity index is 2.80. The molecule has 1 aromatic heterocycles. The molecule has 0 saturated heterocycles. The predicted molar refractivity (Wildman–Crippen MR) is 82.8 cm³/mol. The summed E-state index contributed by atoms with van der Waals surface area (Å²) in [6.07, 6.45) is 1.23. The first kappa shape index (κ1) is 17.6. The highest BCUT2D eigenvalue weighted by molar-refractivity contribution is 7.16. The van der Waals surface area contributed by atoms with Crippen molar-refractivity contribution in [3.8, 4) is 0 Å². The van der Waals surface area contributed by atoms with Crippen LogP contribution in [0.15, 0.2) is 0 Å². The second kappa shape index (κ2) is 8.11. The van der Waals surface area contributed by atoms with Gasteiger partial charge in [-0.05, 0) is 32.3 Å². The quantitative estimate of drug-likeness (QED) is 0.592. The Morgan fingerprint density at radius 3 is 2.57 bits per heavy atom. The van der Waals surface area contributed by atoms with Gasteiger partial charge in [-0.3, -0.25) is 4.79 Å². The summed E-state index contributed by atoms with van der Waals surface area (Å²) in [6.45, 7) is 4.28. The van der Waals surface area contributed by atoms with Gasteiger partial charge in [0, 0.05) is 18.6 Å². The van der Waals surface area contributed by atoms with Crippen molar-refractivity contribution in [3.63, 3.8) is 0 Å². The summed E-state index contributed by atoms with van der Waals surface area (Å²) in [5, 5.41) is 3.22. The molecule has 1 unspecified atom stereocenters. The van der Waals surface area contributed by atoms with Crippen molar-refractivity contribution < 1.29 is 19.1 Å². The van der Waals surface area contributed by atoms with Crippen molar-refractivity contribution in [1.82, 2.24) is 0 Å². The average Bonchev–Trinajstić information content (AvgIpc) is 2.73. The number of carbonyl (C=O) groups excluding carboxylic acids is 2. The lowest BCUT2D eigenvalue weighted by Crippen LogP contribution is -2.35. The number of thiophene rings is 1. The topological polar surface area (TPSA) is 90.6 Å². The van der Waals surface area contributed by atoms with Crippen LogP contribution < -0.4 is 11.1 Å². The van der Waals surface area contributed by atoms with Crippen LogP contribution in [0.4, 0.5) is 5.00 Å². The molecular weight excluding hydrogens is 292 g/mol. The van der Waals surface area contributed by atoms with Crippen molar-refractivity contribution >= 4 is 28.2 Å². The number of hydrogen-bond acceptors (Lipinski definition) is 6. The van der Waals surface area contributed by atoms with Crippen molar-refractivity contribution in [3.05, 3.63) is 16.0 Å². The van der Waals surface area contributed by atoms with Gasteiger partial charge in [0.2, 0.25) is 5.91 Å². The first-order valence-electron chi connectivity index (χ1n) is 6.66. The summed E-state index contributed by atoms with van der Waals surface area (Å²) < 4.78 is 9.69. The molecule has 21 heavy (non-hydrogen) atoms. The summed E-state index contributed by atoms with van der Waals surface area (Å²) in [5.41, 5.74) is 7.05. The maximum Gasteiger partial charge on any atom is 0.341 e. The molecule has 118 valence electrons. The number of ether oxygens (including phenoxy) is 2. The molecule has 0 radical (unpaired) electrons. The van der Waals surface area contributed by atoms with Crippen molar-refractivity contribution in [1.29, 1.82) is 0 Å². The molecule has 3 N–H and O–H groups in total. The van der Waals surface area contributed by atoms with Crippen LogP contribution >= 0.6 is 11.3 Å². The molecule has 1 amide bonds. The van der Waals surface area contributed by atoms with Crippen LogP contribution in [0.1, 0.15) is 33.6 Å². The van der Waals surface area contributed by atoms with Crippen molar-refractivity contribution in [2.75, 3.05) is 26.1 Å². The van der Waals surface area contributed by atoms with Gasteiger partial charge in [-0.15, -0.1) is 11.3 Å². The zero-order valence-corrected chi connectivity index (χ0v) is 13.6. The minimum absolute atomic E-state index is 0.308. The van der Waals surface area contributed by atoms with Gasteiger partial charge in [0.1, 0.15) is 5.00 Å².